The Morgan fingerprint density at radius 1 is 1.38 bits per heavy atom. The van der Waals surface area contributed by atoms with Crippen LogP contribution in [-0.4, -0.2) is 35.0 Å². The molecule has 0 aromatic rings. The van der Waals surface area contributed by atoms with Crippen LogP contribution in [0.5, 0.6) is 0 Å². The van der Waals surface area contributed by atoms with Crippen LogP contribution in [0.1, 0.15) is 33.6 Å². The van der Waals surface area contributed by atoms with E-state index >= 15 is 0 Å². The average Bonchev–Trinajstić information content (AvgIpc) is 2.87. The third-order valence-electron chi connectivity index (χ3n) is 3.46. The van der Waals surface area contributed by atoms with Crippen molar-refractivity contribution in [2.75, 3.05) is 6.61 Å². The molecule has 2 aliphatic rings. The zero-order chi connectivity index (χ0) is 9.69. The van der Waals surface area contributed by atoms with Crippen molar-refractivity contribution in [2.45, 2.75) is 56.9 Å². The van der Waals surface area contributed by atoms with Crippen LogP contribution in [0.15, 0.2) is 0 Å². The zero-order valence-electron chi connectivity index (χ0n) is 8.63. The van der Waals surface area contributed by atoms with Crippen molar-refractivity contribution in [1.29, 1.82) is 0 Å². The topological polar surface area (TPSA) is 54.7 Å². The summed E-state index contributed by atoms with van der Waals surface area (Å²) in [5, 5.41) is 12.3. The molecule has 76 valence electrons. The molecule has 3 atom stereocenters. The van der Waals surface area contributed by atoms with Crippen LogP contribution in [0, 0.1) is 0 Å². The summed E-state index contributed by atoms with van der Waals surface area (Å²) in [7, 11) is 0. The highest BCUT2D eigenvalue weighted by atomic mass is 16.6. The number of rotatable bonds is 4. The molecule has 0 saturated carbocycles. The van der Waals surface area contributed by atoms with Crippen molar-refractivity contribution in [1.82, 2.24) is 5.32 Å². The van der Waals surface area contributed by atoms with Crippen LogP contribution >= 0.6 is 0 Å². The standard InChI is InChI=1S/C10H19NO2/c1-9(2)7(11-9)4-5-10(3)8(6-12)13-10/h7-8,11-12H,4-6H2,1-3H3/t7-,8+,10+/m1/s1. The van der Waals surface area contributed by atoms with E-state index in [2.05, 4.69) is 26.1 Å². The van der Waals surface area contributed by atoms with Crippen molar-refractivity contribution < 1.29 is 9.84 Å². The lowest BCUT2D eigenvalue weighted by atomic mass is 9.97. The van der Waals surface area contributed by atoms with Gasteiger partial charge in [-0.1, -0.05) is 0 Å². The summed E-state index contributed by atoms with van der Waals surface area (Å²) < 4.78 is 5.42. The van der Waals surface area contributed by atoms with Crippen molar-refractivity contribution >= 4 is 0 Å². The molecule has 2 N–H and O–H groups in total. The molecule has 0 aromatic carbocycles. The molecular weight excluding hydrogens is 166 g/mol. The van der Waals surface area contributed by atoms with Gasteiger partial charge in [0.15, 0.2) is 0 Å². The summed E-state index contributed by atoms with van der Waals surface area (Å²) in [5.74, 6) is 0. The number of epoxide rings is 1. The van der Waals surface area contributed by atoms with E-state index in [0.717, 1.165) is 12.8 Å². The maximum atomic E-state index is 8.88. The van der Waals surface area contributed by atoms with Gasteiger partial charge in [0.2, 0.25) is 0 Å². The van der Waals surface area contributed by atoms with Crippen molar-refractivity contribution in [3.8, 4) is 0 Å². The van der Waals surface area contributed by atoms with E-state index in [-0.39, 0.29) is 18.3 Å². The van der Waals surface area contributed by atoms with Crippen LogP contribution in [0.25, 0.3) is 0 Å². The van der Waals surface area contributed by atoms with E-state index in [1.54, 1.807) is 0 Å². The Balaban J connectivity index is 1.70. The van der Waals surface area contributed by atoms with Gasteiger partial charge in [0, 0.05) is 11.6 Å². The highest BCUT2D eigenvalue weighted by molar-refractivity contribution is 5.09. The second-order valence-electron chi connectivity index (χ2n) is 5.06. The van der Waals surface area contributed by atoms with E-state index in [9.17, 15) is 0 Å². The zero-order valence-corrected chi connectivity index (χ0v) is 8.63. The molecule has 3 heteroatoms. The lowest BCUT2D eigenvalue weighted by molar-refractivity contribution is 0.234. The Hall–Kier alpha value is -0.120. The summed E-state index contributed by atoms with van der Waals surface area (Å²) >= 11 is 0. The lowest BCUT2D eigenvalue weighted by Crippen LogP contribution is -2.14. The first-order chi connectivity index (χ1) is 5.98. The average molecular weight is 185 g/mol. The van der Waals surface area contributed by atoms with Crippen molar-refractivity contribution in [2.24, 2.45) is 0 Å². The minimum atomic E-state index is -0.0326. The highest BCUT2D eigenvalue weighted by Crippen LogP contribution is 2.42. The van der Waals surface area contributed by atoms with E-state index < -0.39 is 0 Å². The highest BCUT2D eigenvalue weighted by Gasteiger charge is 2.53. The number of nitrogens with one attached hydrogen (secondary N) is 1. The number of aliphatic hydroxyl groups is 1. The SMILES string of the molecule is CC1(C)N[C@@H]1CC[C@]1(C)O[C@H]1CO. The molecule has 0 spiro atoms. The molecule has 0 aromatic heterocycles. The molecule has 13 heavy (non-hydrogen) atoms. The number of hydrogen-bond donors (Lipinski definition) is 2. The lowest BCUT2D eigenvalue weighted by Gasteiger charge is -2.05. The molecule has 2 saturated heterocycles. The second kappa shape index (κ2) is 2.69. The van der Waals surface area contributed by atoms with Gasteiger partial charge in [-0.25, -0.2) is 0 Å². The van der Waals surface area contributed by atoms with E-state index in [1.165, 1.54) is 0 Å². The van der Waals surface area contributed by atoms with Gasteiger partial charge < -0.3 is 15.2 Å². The number of ether oxygens (including phenoxy) is 1. The summed E-state index contributed by atoms with van der Waals surface area (Å²) in [6.45, 7) is 6.69. The normalized spacial score (nSPS) is 46.2. The minimum absolute atomic E-state index is 0.0326. The van der Waals surface area contributed by atoms with Crippen LogP contribution in [0.4, 0.5) is 0 Å². The van der Waals surface area contributed by atoms with Crippen LogP contribution < -0.4 is 5.32 Å². The fourth-order valence-electron chi connectivity index (χ4n) is 2.01. The molecule has 2 rings (SSSR count). The Labute approximate surface area is 79.5 Å². The Morgan fingerprint density at radius 2 is 2.00 bits per heavy atom. The van der Waals surface area contributed by atoms with Gasteiger partial charge in [0.1, 0.15) is 6.10 Å². The quantitative estimate of drug-likeness (QED) is 0.633. The second-order valence-corrected chi connectivity index (χ2v) is 5.06. The maximum absolute atomic E-state index is 8.88. The van der Waals surface area contributed by atoms with Crippen LogP contribution in [0.3, 0.4) is 0 Å². The third-order valence-corrected chi connectivity index (χ3v) is 3.46. The number of hydrogen-bond acceptors (Lipinski definition) is 3. The van der Waals surface area contributed by atoms with E-state index in [1.807, 2.05) is 0 Å². The molecule has 2 aliphatic heterocycles. The van der Waals surface area contributed by atoms with E-state index in [4.69, 9.17) is 9.84 Å². The fraction of sp³-hybridized carbons (Fsp3) is 1.00. The first-order valence-corrected chi connectivity index (χ1v) is 5.04. The molecule has 3 nitrogen and oxygen atoms in total. The Bertz CT molecular complexity index is 217. The molecule has 0 bridgehead atoms. The Morgan fingerprint density at radius 3 is 2.38 bits per heavy atom. The fourth-order valence-corrected chi connectivity index (χ4v) is 2.01. The summed E-state index contributed by atoms with van der Waals surface area (Å²) in [5.41, 5.74) is 0.301. The molecule has 0 radical (unpaired) electrons. The molecule has 0 aliphatic carbocycles. The third kappa shape index (κ3) is 1.73. The van der Waals surface area contributed by atoms with Crippen LogP contribution in [-0.2, 0) is 4.74 Å². The van der Waals surface area contributed by atoms with Gasteiger partial charge in [0.05, 0.1) is 12.2 Å². The minimum Gasteiger partial charge on any atom is -0.394 e. The van der Waals surface area contributed by atoms with E-state index in [0.29, 0.717) is 11.6 Å². The van der Waals surface area contributed by atoms with Crippen molar-refractivity contribution in [3.63, 3.8) is 0 Å². The predicted octanol–water partition coefficient (Wildman–Crippen LogP) is 0.667. The molecule has 0 amide bonds. The summed E-state index contributed by atoms with van der Waals surface area (Å²) in [6, 6.07) is 0.646. The predicted molar refractivity (Wildman–Crippen MR) is 50.6 cm³/mol. The van der Waals surface area contributed by atoms with Gasteiger partial charge in [-0.05, 0) is 33.6 Å². The maximum Gasteiger partial charge on any atom is 0.110 e. The van der Waals surface area contributed by atoms with Gasteiger partial charge in [-0.15, -0.1) is 0 Å². The summed E-state index contributed by atoms with van der Waals surface area (Å²) in [4.78, 5) is 0. The largest absolute Gasteiger partial charge is 0.394 e. The first-order valence-electron chi connectivity index (χ1n) is 5.04. The monoisotopic (exact) mass is 185 g/mol. The van der Waals surface area contributed by atoms with Crippen LogP contribution in [0.2, 0.25) is 0 Å². The molecule has 2 heterocycles. The van der Waals surface area contributed by atoms with Gasteiger partial charge in [0.25, 0.3) is 0 Å². The molecular formula is C10H19NO2. The molecule has 0 unspecified atom stereocenters. The smallest absolute Gasteiger partial charge is 0.110 e. The van der Waals surface area contributed by atoms with Gasteiger partial charge in [-0.2, -0.15) is 0 Å². The number of aliphatic hydroxyl groups excluding tert-OH is 1. The first kappa shape index (κ1) is 9.44. The molecule has 2 fully saturated rings. The summed E-state index contributed by atoms with van der Waals surface area (Å²) in [6.07, 6.45) is 2.30. The van der Waals surface area contributed by atoms with Gasteiger partial charge >= 0.3 is 0 Å². The van der Waals surface area contributed by atoms with Crippen molar-refractivity contribution in [3.05, 3.63) is 0 Å². The van der Waals surface area contributed by atoms with Gasteiger partial charge in [-0.3, -0.25) is 0 Å². The Kier molecular flexibility index (Phi) is 1.95.